The minimum Gasteiger partial charge on any atom is -0.330 e. The molecule has 0 amide bonds. The summed E-state index contributed by atoms with van der Waals surface area (Å²) in [5.41, 5.74) is 4.92. The molecule has 1 rings (SSSR count). The van der Waals surface area contributed by atoms with Crippen LogP contribution in [0.15, 0.2) is 18.2 Å². The van der Waals surface area contributed by atoms with Crippen LogP contribution in [0.4, 0.5) is 8.78 Å². The Balaban J connectivity index is 3.01. The van der Waals surface area contributed by atoms with E-state index in [0.29, 0.717) is 13.0 Å². The molecule has 1 aromatic carbocycles. The van der Waals surface area contributed by atoms with Crippen molar-refractivity contribution >= 4 is 5.78 Å². The van der Waals surface area contributed by atoms with Crippen molar-refractivity contribution in [3.05, 3.63) is 35.4 Å². The molecule has 88 valence electrons. The number of ketones is 1. The maximum absolute atomic E-state index is 13.0. The minimum absolute atomic E-state index is 0.178. The molecule has 0 aliphatic heterocycles. The number of carbonyl (C=O) groups excluding carboxylic acids is 1. The van der Waals surface area contributed by atoms with E-state index in [1.807, 2.05) is 0 Å². The van der Waals surface area contributed by atoms with Gasteiger partial charge in [-0.05, 0) is 31.2 Å². The molecule has 0 saturated carbocycles. The molecule has 0 spiro atoms. The van der Waals surface area contributed by atoms with Crippen molar-refractivity contribution in [2.45, 2.75) is 20.3 Å². The van der Waals surface area contributed by atoms with Crippen molar-refractivity contribution < 1.29 is 13.6 Å². The number of hydrogen-bond acceptors (Lipinski definition) is 2. The van der Waals surface area contributed by atoms with Gasteiger partial charge in [0.1, 0.15) is 0 Å². The lowest BCUT2D eigenvalue weighted by molar-refractivity contribution is 0.0829. The van der Waals surface area contributed by atoms with E-state index in [-0.39, 0.29) is 11.3 Å². The molecule has 0 radical (unpaired) electrons. The van der Waals surface area contributed by atoms with Crippen LogP contribution in [-0.4, -0.2) is 12.3 Å². The van der Waals surface area contributed by atoms with Crippen molar-refractivity contribution in [3.8, 4) is 0 Å². The summed E-state index contributed by atoms with van der Waals surface area (Å²) >= 11 is 0. The number of hydrogen-bond donors (Lipinski definition) is 1. The first-order chi connectivity index (χ1) is 7.38. The van der Waals surface area contributed by atoms with Crippen molar-refractivity contribution in [2.24, 2.45) is 11.1 Å². The Morgan fingerprint density at radius 1 is 1.31 bits per heavy atom. The summed E-state index contributed by atoms with van der Waals surface area (Å²) in [7, 11) is 0. The van der Waals surface area contributed by atoms with Crippen LogP contribution in [0.2, 0.25) is 0 Å². The van der Waals surface area contributed by atoms with Gasteiger partial charge in [0.05, 0.1) is 0 Å². The molecule has 0 aromatic heterocycles. The van der Waals surface area contributed by atoms with Crippen molar-refractivity contribution in [3.63, 3.8) is 0 Å². The van der Waals surface area contributed by atoms with Crippen LogP contribution in [0.1, 0.15) is 30.6 Å². The molecule has 0 aliphatic carbocycles. The topological polar surface area (TPSA) is 43.1 Å². The van der Waals surface area contributed by atoms with E-state index < -0.39 is 17.0 Å². The Morgan fingerprint density at radius 3 is 2.44 bits per heavy atom. The standard InChI is InChI=1S/C12H15F2NO/c1-12(2,5-6-15)11(16)8-3-4-9(13)10(14)7-8/h3-4,7H,5-6,15H2,1-2H3. The van der Waals surface area contributed by atoms with E-state index in [4.69, 9.17) is 5.73 Å². The summed E-state index contributed by atoms with van der Waals surface area (Å²) in [6, 6.07) is 3.18. The van der Waals surface area contributed by atoms with Crippen LogP contribution in [0.3, 0.4) is 0 Å². The molecular weight excluding hydrogens is 212 g/mol. The summed E-state index contributed by atoms with van der Waals surface area (Å²) in [6.07, 6.45) is 0.505. The van der Waals surface area contributed by atoms with E-state index >= 15 is 0 Å². The highest BCUT2D eigenvalue weighted by Crippen LogP contribution is 2.25. The van der Waals surface area contributed by atoms with E-state index in [9.17, 15) is 13.6 Å². The molecule has 0 saturated heterocycles. The lowest BCUT2D eigenvalue weighted by atomic mass is 9.81. The number of nitrogens with two attached hydrogens (primary N) is 1. The van der Waals surface area contributed by atoms with Crippen molar-refractivity contribution in [2.75, 3.05) is 6.54 Å². The fourth-order valence-corrected chi connectivity index (χ4v) is 1.50. The summed E-state index contributed by atoms with van der Waals surface area (Å²) in [6.45, 7) is 3.86. The lowest BCUT2D eigenvalue weighted by Gasteiger charge is -2.22. The largest absolute Gasteiger partial charge is 0.330 e. The molecule has 0 bridgehead atoms. The summed E-state index contributed by atoms with van der Waals surface area (Å²) in [4.78, 5) is 12.0. The number of benzene rings is 1. The number of carbonyl (C=O) groups is 1. The predicted molar refractivity (Wildman–Crippen MR) is 58.1 cm³/mol. The first-order valence-corrected chi connectivity index (χ1v) is 5.08. The molecule has 0 atom stereocenters. The third kappa shape index (κ3) is 2.64. The first-order valence-electron chi connectivity index (χ1n) is 5.08. The summed E-state index contributed by atoms with van der Waals surface area (Å²) in [5.74, 6) is -2.18. The number of rotatable bonds is 4. The third-order valence-electron chi connectivity index (χ3n) is 2.57. The second-order valence-corrected chi connectivity index (χ2v) is 4.38. The second-order valence-electron chi connectivity index (χ2n) is 4.38. The first kappa shape index (κ1) is 12.8. The second kappa shape index (κ2) is 4.70. The molecule has 4 heteroatoms. The van der Waals surface area contributed by atoms with Crippen LogP contribution in [0.5, 0.6) is 0 Å². The number of halogens is 2. The van der Waals surface area contributed by atoms with Gasteiger partial charge in [0.2, 0.25) is 0 Å². The van der Waals surface area contributed by atoms with Gasteiger partial charge in [0.15, 0.2) is 17.4 Å². The van der Waals surface area contributed by atoms with Gasteiger partial charge in [-0.3, -0.25) is 4.79 Å². The maximum atomic E-state index is 13.0. The molecule has 2 N–H and O–H groups in total. The zero-order chi connectivity index (χ0) is 12.3. The lowest BCUT2D eigenvalue weighted by Crippen LogP contribution is -2.27. The molecule has 0 aliphatic rings. The van der Waals surface area contributed by atoms with Gasteiger partial charge in [0.25, 0.3) is 0 Å². The highest BCUT2D eigenvalue weighted by Gasteiger charge is 2.28. The highest BCUT2D eigenvalue weighted by molar-refractivity contribution is 6.00. The molecule has 2 nitrogen and oxygen atoms in total. The Morgan fingerprint density at radius 2 is 1.94 bits per heavy atom. The fourth-order valence-electron chi connectivity index (χ4n) is 1.50. The summed E-state index contributed by atoms with van der Waals surface area (Å²) < 4.78 is 25.7. The van der Waals surface area contributed by atoms with Crippen LogP contribution in [-0.2, 0) is 0 Å². The number of Topliss-reactive ketones (excluding diaryl/α,β-unsaturated/α-hetero) is 1. The third-order valence-corrected chi connectivity index (χ3v) is 2.57. The van der Waals surface area contributed by atoms with E-state index in [0.717, 1.165) is 12.1 Å². The Kier molecular flexibility index (Phi) is 3.75. The molecule has 16 heavy (non-hydrogen) atoms. The SMILES string of the molecule is CC(C)(CCN)C(=O)c1ccc(F)c(F)c1. The minimum atomic E-state index is -1.01. The van der Waals surface area contributed by atoms with E-state index in [1.165, 1.54) is 6.07 Å². The van der Waals surface area contributed by atoms with Gasteiger partial charge in [-0.1, -0.05) is 13.8 Å². The van der Waals surface area contributed by atoms with Gasteiger partial charge in [0, 0.05) is 11.0 Å². The Bertz CT molecular complexity index is 402. The molecule has 1 aromatic rings. The van der Waals surface area contributed by atoms with E-state index in [2.05, 4.69) is 0 Å². The van der Waals surface area contributed by atoms with Crippen molar-refractivity contribution in [1.29, 1.82) is 0 Å². The van der Waals surface area contributed by atoms with Crippen LogP contribution >= 0.6 is 0 Å². The van der Waals surface area contributed by atoms with Crippen molar-refractivity contribution in [1.82, 2.24) is 0 Å². The maximum Gasteiger partial charge on any atom is 0.168 e. The van der Waals surface area contributed by atoms with Crippen LogP contribution in [0, 0.1) is 17.0 Å². The molecular formula is C12H15F2NO. The monoisotopic (exact) mass is 227 g/mol. The van der Waals surface area contributed by atoms with Gasteiger partial charge in [-0.15, -0.1) is 0 Å². The predicted octanol–water partition coefficient (Wildman–Crippen LogP) is 2.52. The van der Waals surface area contributed by atoms with Gasteiger partial charge in [-0.25, -0.2) is 8.78 Å². The van der Waals surface area contributed by atoms with Gasteiger partial charge in [-0.2, -0.15) is 0 Å². The summed E-state index contributed by atoms with van der Waals surface area (Å²) in [5, 5.41) is 0. The smallest absolute Gasteiger partial charge is 0.168 e. The average Bonchev–Trinajstić information content (AvgIpc) is 2.21. The Labute approximate surface area is 93.5 Å². The zero-order valence-electron chi connectivity index (χ0n) is 9.39. The van der Waals surface area contributed by atoms with Gasteiger partial charge < -0.3 is 5.73 Å². The average molecular weight is 227 g/mol. The quantitative estimate of drug-likeness (QED) is 0.803. The normalized spacial score (nSPS) is 11.6. The van der Waals surface area contributed by atoms with Crippen LogP contribution < -0.4 is 5.73 Å². The van der Waals surface area contributed by atoms with Gasteiger partial charge >= 0.3 is 0 Å². The molecule has 0 heterocycles. The van der Waals surface area contributed by atoms with Crippen LogP contribution in [0.25, 0.3) is 0 Å². The molecule has 0 unspecified atom stereocenters. The highest BCUT2D eigenvalue weighted by atomic mass is 19.2. The molecule has 0 fully saturated rings. The zero-order valence-corrected chi connectivity index (χ0v) is 9.39. The Hall–Kier alpha value is -1.29. The fraction of sp³-hybridized carbons (Fsp3) is 0.417. The van der Waals surface area contributed by atoms with E-state index in [1.54, 1.807) is 13.8 Å².